The lowest BCUT2D eigenvalue weighted by atomic mass is 10.1. The molecule has 0 radical (unpaired) electrons. The quantitative estimate of drug-likeness (QED) is 0.920. The van der Waals surface area contributed by atoms with Gasteiger partial charge < -0.3 is 14.6 Å². The normalized spacial score (nSPS) is 18.3. The van der Waals surface area contributed by atoms with Gasteiger partial charge in [-0.05, 0) is 37.8 Å². The molecule has 22 heavy (non-hydrogen) atoms. The molecule has 0 saturated carbocycles. The Morgan fingerprint density at radius 3 is 2.95 bits per heavy atom. The van der Waals surface area contributed by atoms with Crippen LogP contribution in [0.4, 0.5) is 0 Å². The van der Waals surface area contributed by atoms with Gasteiger partial charge in [0.05, 0.1) is 12.6 Å². The summed E-state index contributed by atoms with van der Waals surface area (Å²) in [4.78, 5) is 18.3. The van der Waals surface area contributed by atoms with Crippen molar-refractivity contribution in [2.75, 3.05) is 19.8 Å². The number of nitrogens with one attached hydrogen (secondary N) is 1. The minimum absolute atomic E-state index is 0.121. The molecule has 1 aromatic carbocycles. The van der Waals surface area contributed by atoms with E-state index in [9.17, 15) is 4.79 Å². The Balaban J connectivity index is 1.91. The summed E-state index contributed by atoms with van der Waals surface area (Å²) >= 11 is 0. The van der Waals surface area contributed by atoms with Crippen molar-refractivity contribution in [3.8, 4) is 0 Å². The maximum atomic E-state index is 13.0. The molecular formula is C18H24N2O2. The zero-order chi connectivity index (χ0) is 15.5. The summed E-state index contributed by atoms with van der Waals surface area (Å²) in [7, 11) is 0. The molecule has 4 nitrogen and oxygen atoms in total. The van der Waals surface area contributed by atoms with Gasteiger partial charge in [-0.2, -0.15) is 0 Å². The average molecular weight is 300 g/mol. The van der Waals surface area contributed by atoms with Crippen LogP contribution in [0.2, 0.25) is 0 Å². The van der Waals surface area contributed by atoms with Gasteiger partial charge in [0.25, 0.3) is 5.91 Å². The van der Waals surface area contributed by atoms with E-state index >= 15 is 0 Å². The van der Waals surface area contributed by atoms with E-state index in [1.54, 1.807) is 0 Å². The Labute approximate surface area is 131 Å². The number of aryl methyl sites for hydroxylation is 1. The van der Waals surface area contributed by atoms with Crippen LogP contribution < -0.4 is 0 Å². The van der Waals surface area contributed by atoms with E-state index < -0.39 is 0 Å². The van der Waals surface area contributed by atoms with E-state index in [-0.39, 0.29) is 11.9 Å². The molecule has 1 fully saturated rings. The van der Waals surface area contributed by atoms with E-state index in [4.69, 9.17) is 4.74 Å². The van der Waals surface area contributed by atoms with Crippen molar-refractivity contribution in [3.63, 3.8) is 0 Å². The molecule has 4 heteroatoms. The first kappa shape index (κ1) is 15.1. The summed E-state index contributed by atoms with van der Waals surface area (Å²) < 4.78 is 5.55. The highest BCUT2D eigenvalue weighted by Crippen LogP contribution is 2.27. The maximum absolute atomic E-state index is 13.0. The van der Waals surface area contributed by atoms with Crippen LogP contribution in [-0.2, 0) is 11.2 Å². The summed E-state index contributed by atoms with van der Waals surface area (Å²) in [6.45, 7) is 6.27. The van der Waals surface area contributed by atoms with Crippen molar-refractivity contribution in [1.82, 2.24) is 9.88 Å². The van der Waals surface area contributed by atoms with Crippen LogP contribution in [0.1, 0.15) is 42.7 Å². The number of nitrogens with zero attached hydrogens (tertiary/aromatic N) is 1. The molecule has 1 aliphatic heterocycles. The summed E-state index contributed by atoms with van der Waals surface area (Å²) in [6, 6.07) is 8.36. The Bertz CT molecular complexity index is 662. The number of aromatic nitrogens is 1. The van der Waals surface area contributed by atoms with Crippen LogP contribution in [0, 0.1) is 0 Å². The highest BCUT2D eigenvalue weighted by Gasteiger charge is 2.31. The number of aromatic amines is 1. The molecule has 0 unspecified atom stereocenters. The van der Waals surface area contributed by atoms with Gasteiger partial charge >= 0.3 is 0 Å². The monoisotopic (exact) mass is 300 g/mol. The van der Waals surface area contributed by atoms with Gasteiger partial charge in [-0.1, -0.05) is 25.1 Å². The lowest BCUT2D eigenvalue weighted by Crippen LogP contribution is -2.38. The lowest BCUT2D eigenvalue weighted by molar-refractivity contribution is 0.0559. The zero-order valence-electron chi connectivity index (χ0n) is 13.4. The number of carbonyl (C=O) groups is 1. The Hall–Kier alpha value is -1.81. The predicted octanol–water partition coefficient (Wildman–Crippen LogP) is 3.37. The van der Waals surface area contributed by atoms with Crippen LogP contribution in [0.15, 0.2) is 24.3 Å². The van der Waals surface area contributed by atoms with Crippen LogP contribution in [-0.4, -0.2) is 41.6 Å². The largest absolute Gasteiger partial charge is 0.380 e. The fourth-order valence-electron chi connectivity index (χ4n) is 3.42. The maximum Gasteiger partial charge on any atom is 0.270 e. The fourth-order valence-corrected chi connectivity index (χ4v) is 3.42. The fraction of sp³-hybridized carbons (Fsp3) is 0.500. The molecule has 1 saturated heterocycles. The second kappa shape index (κ2) is 6.53. The van der Waals surface area contributed by atoms with Crippen molar-refractivity contribution >= 4 is 16.8 Å². The minimum atomic E-state index is 0.121. The first-order valence-electron chi connectivity index (χ1n) is 8.24. The molecule has 3 rings (SSSR count). The highest BCUT2D eigenvalue weighted by atomic mass is 16.5. The first-order chi connectivity index (χ1) is 10.8. The topological polar surface area (TPSA) is 45.3 Å². The van der Waals surface area contributed by atoms with Crippen molar-refractivity contribution in [3.05, 3.63) is 35.5 Å². The third-order valence-electron chi connectivity index (χ3n) is 4.53. The molecule has 2 aromatic rings. The van der Waals surface area contributed by atoms with E-state index in [0.717, 1.165) is 48.0 Å². The average Bonchev–Trinajstić information content (AvgIpc) is 3.16. The number of ether oxygens (including phenoxy) is 1. The molecule has 1 aromatic heterocycles. The second-order valence-corrected chi connectivity index (χ2v) is 5.83. The third-order valence-corrected chi connectivity index (χ3v) is 4.53. The number of benzene rings is 1. The van der Waals surface area contributed by atoms with Crippen LogP contribution in [0.25, 0.3) is 10.9 Å². The van der Waals surface area contributed by atoms with Crippen LogP contribution >= 0.6 is 0 Å². The van der Waals surface area contributed by atoms with Gasteiger partial charge in [-0.15, -0.1) is 0 Å². The number of H-pyrrole nitrogens is 1. The van der Waals surface area contributed by atoms with Crippen LogP contribution in [0.3, 0.4) is 0 Å². The van der Waals surface area contributed by atoms with Crippen molar-refractivity contribution < 1.29 is 9.53 Å². The van der Waals surface area contributed by atoms with Gasteiger partial charge in [0.1, 0.15) is 5.69 Å². The standard InChI is InChI=1S/C18H24N2O2/c1-3-14-15-9-5-6-10-16(15)19-17(14)18(21)20-11-7-8-13(20)12-22-4-2/h5-6,9-10,13,19H,3-4,7-8,11-12H2,1-2H3/t13-/m1/s1. The van der Waals surface area contributed by atoms with Crippen molar-refractivity contribution in [2.45, 2.75) is 39.2 Å². The number of hydrogen-bond donors (Lipinski definition) is 1. The van der Waals surface area contributed by atoms with Crippen molar-refractivity contribution in [1.29, 1.82) is 0 Å². The number of amides is 1. The second-order valence-electron chi connectivity index (χ2n) is 5.83. The van der Waals surface area contributed by atoms with Crippen LogP contribution in [0.5, 0.6) is 0 Å². The van der Waals surface area contributed by atoms with Gasteiger partial charge in [0.2, 0.25) is 0 Å². The molecule has 0 spiro atoms. The molecule has 118 valence electrons. The first-order valence-corrected chi connectivity index (χ1v) is 8.24. The predicted molar refractivity (Wildman–Crippen MR) is 88.2 cm³/mol. The highest BCUT2D eigenvalue weighted by molar-refractivity contribution is 6.01. The molecular weight excluding hydrogens is 276 g/mol. The van der Waals surface area contributed by atoms with Gasteiger partial charge in [0, 0.05) is 24.1 Å². The smallest absolute Gasteiger partial charge is 0.270 e. The Morgan fingerprint density at radius 1 is 1.36 bits per heavy atom. The Morgan fingerprint density at radius 2 is 2.18 bits per heavy atom. The Kier molecular flexibility index (Phi) is 4.48. The number of likely N-dealkylation sites (tertiary alicyclic amines) is 1. The molecule has 0 aliphatic carbocycles. The third kappa shape index (κ3) is 2.63. The number of hydrogen-bond acceptors (Lipinski definition) is 2. The minimum Gasteiger partial charge on any atom is -0.380 e. The van der Waals surface area contributed by atoms with Crippen molar-refractivity contribution in [2.24, 2.45) is 0 Å². The molecule has 1 atom stereocenters. The number of para-hydroxylation sites is 1. The summed E-state index contributed by atoms with van der Waals surface area (Å²) in [5.41, 5.74) is 2.93. The zero-order valence-corrected chi connectivity index (χ0v) is 13.4. The van der Waals surface area contributed by atoms with E-state index in [1.165, 1.54) is 0 Å². The van der Waals surface area contributed by atoms with E-state index in [2.05, 4.69) is 18.0 Å². The summed E-state index contributed by atoms with van der Waals surface area (Å²) in [5, 5.41) is 1.16. The molecule has 0 bridgehead atoms. The summed E-state index contributed by atoms with van der Waals surface area (Å²) in [6.07, 6.45) is 2.95. The van der Waals surface area contributed by atoms with Gasteiger partial charge in [-0.25, -0.2) is 0 Å². The van der Waals surface area contributed by atoms with E-state index in [0.29, 0.717) is 13.2 Å². The number of fused-ring (bicyclic) bond motifs is 1. The van der Waals surface area contributed by atoms with Gasteiger partial charge in [0.15, 0.2) is 0 Å². The molecule has 2 heterocycles. The number of carbonyl (C=O) groups excluding carboxylic acids is 1. The lowest BCUT2D eigenvalue weighted by Gasteiger charge is -2.24. The molecule has 1 amide bonds. The van der Waals surface area contributed by atoms with Gasteiger partial charge in [-0.3, -0.25) is 4.79 Å². The number of rotatable bonds is 5. The van der Waals surface area contributed by atoms with E-state index in [1.807, 2.05) is 30.0 Å². The molecule has 1 aliphatic rings. The summed E-state index contributed by atoms with van der Waals surface area (Å²) in [5.74, 6) is 0.121. The SMILES string of the molecule is CCOC[C@H]1CCCN1C(=O)c1[nH]c2ccccc2c1CC. The molecule has 1 N–H and O–H groups in total.